The van der Waals surface area contributed by atoms with Gasteiger partial charge in [-0.3, -0.25) is 4.79 Å². The zero-order chi connectivity index (χ0) is 12.0. The summed E-state index contributed by atoms with van der Waals surface area (Å²) in [6.07, 6.45) is 4.79. The highest BCUT2D eigenvalue weighted by Gasteiger charge is 2.28. The molecule has 0 spiro atoms. The number of ketones is 1. The smallest absolute Gasteiger partial charge is 0.170 e. The molecule has 1 aromatic heterocycles. The van der Waals surface area contributed by atoms with Gasteiger partial charge in [0.25, 0.3) is 0 Å². The van der Waals surface area contributed by atoms with Crippen LogP contribution in [0.5, 0.6) is 0 Å². The Balaban J connectivity index is 2.24. The quantitative estimate of drug-likeness (QED) is 0.797. The van der Waals surface area contributed by atoms with Gasteiger partial charge in [-0.15, -0.1) is 0 Å². The van der Waals surface area contributed by atoms with E-state index in [4.69, 9.17) is 0 Å². The number of rotatable bonds is 0. The fourth-order valence-corrected chi connectivity index (χ4v) is 3.31. The second-order valence-electron chi connectivity index (χ2n) is 4.72. The summed E-state index contributed by atoms with van der Waals surface area (Å²) in [7, 11) is 2.07. The summed E-state index contributed by atoms with van der Waals surface area (Å²) in [6.45, 7) is 1.87. The number of nitrogens with zero attached hydrogens (tertiary/aromatic N) is 1. The maximum absolute atomic E-state index is 12.2. The standard InChI is InChI=1S/C13H15BrN2O/c1-16-10-3-2-4-15-7-9(10)13-11(16)5-8(14)6-12(13)17/h5,15H,2-4,6-7H2,1H3. The van der Waals surface area contributed by atoms with E-state index in [1.165, 1.54) is 11.3 Å². The van der Waals surface area contributed by atoms with Crippen molar-refractivity contribution in [3.05, 3.63) is 27.0 Å². The van der Waals surface area contributed by atoms with Gasteiger partial charge in [0.05, 0.1) is 5.69 Å². The lowest BCUT2D eigenvalue weighted by molar-refractivity contribution is 0.0993. The Bertz CT molecular complexity index is 528. The molecule has 0 amide bonds. The molecule has 0 saturated carbocycles. The highest BCUT2D eigenvalue weighted by Crippen LogP contribution is 2.34. The van der Waals surface area contributed by atoms with E-state index >= 15 is 0 Å². The van der Waals surface area contributed by atoms with Crippen LogP contribution in [0.25, 0.3) is 6.08 Å². The van der Waals surface area contributed by atoms with Crippen LogP contribution in [0.2, 0.25) is 0 Å². The van der Waals surface area contributed by atoms with Crippen molar-refractivity contribution in [2.45, 2.75) is 25.8 Å². The first kappa shape index (κ1) is 11.2. The molecule has 1 aliphatic carbocycles. The van der Waals surface area contributed by atoms with Gasteiger partial charge in [-0.25, -0.2) is 0 Å². The minimum absolute atomic E-state index is 0.245. The summed E-state index contributed by atoms with van der Waals surface area (Å²) in [6, 6.07) is 0. The summed E-state index contributed by atoms with van der Waals surface area (Å²) < 4.78 is 3.18. The molecule has 3 rings (SSSR count). The number of Topliss-reactive ketones (excluding diaryl/α,β-unsaturated/α-hetero) is 1. The SMILES string of the molecule is Cn1c2c(c3c1CCCNC3)C(=O)CC(Br)=C2. The third-order valence-corrected chi connectivity index (χ3v) is 4.15. The van der Waals surface area contributed by atoms with Crippen molar-refractivity contribution in [1.29, 1.82) is 0 Å². The van der Waals surface area contributed by atoms with E-state index in [9.17, 15) is 4.79 Å². The Morgan fingerprint density at radius 2 is 2.29 bits per heavy atom. The second kappa shape index (κ2) is 4.10. The van der Waals surface area contributed by atoms with Gasteiger partial charge in [0.1, 0.15) is 0 Å². The van der Waals surface area contributed by atoms with Crippen molar-refractivity contribution >= 4 is 27.8 Å². The molecule has 1 N–H and O–H groups in total. The van der Waals surface area contributed by atoms with Crippen molar-refractivity contribution in [2.24, 2.45) is 7.05 Å². The van der Waals surface area contributed by atoms with E-state index in [1.807, 2.05) is 0 Å². The number of fused-ring (bicyclic) bond motifs is 3. The normalized spacial score (nSPS) is 19.4. The molecule has 17 heavy (non-hydrogen) atoms. The summed E-state index contributed by atoms with van der Waals surface area (Å²) >= 11 is 3.45. The lowest BCUT2D eigenvalue weighted by Gasteiger charge is -2.11. The van der Waals surface area contributed by atoms with Crippen molar-refractivity contribution in [1.82, 2.24) is 9.88 Å². The molecule has 0 atom stereocenters. The van der Waals surface area contributed by atoms with Crippen LogP contribution in [-0.4, -0.2) is 16.9 Å². The van der Waals surface area contributed by atoms with Gasteiger partial charge in [0.2, 0.25) is 0 Å². The predicted molar refractivity (Wildman–Crippen MR) is 71.3 cm³/mol. The molecule has 0 aromatic carbocycles. The van der Waals surface area contributed by atoms with Crippen LogP contribution < -0.4 is 5.32 Å². The summed E-state index contributed by atoms with van der Waals surface area (Å²) in [4.78, 5) is 12.2. The summed E-state index contributed by atoms with van der Waals surface area (Å²) in [5.74, 6) is 0.245. The summed E-state index contributed by atoms with van der Waals surface area (Å²) in [5, 5.41) is 3.40. The highest BCUT2D eigenvalue weighted by molar-refractivity contribution is 9.11. The predicted octanol–water partition coefficient (Wildman–Crippen LogP) is 2.38. The Morgan fingerprint density at radius 3 is 3.12 bits per heavy atom. The monoisotopic (exact) mass is 294 g/mol. The first-order valence-electron chi connectivity index (χ1n) is 5.99. The van der Waals surface area contributed by atoms with Gasteiger partial charge >= 0.3 is 0 Å². The molecule has 90 valence electrons. The fourth-order valence-electron chi connectivity index (χ4n) is 2.84. The van der Waals surface area contributed by atoms with E-state index in [-0.39, 0.29) is 5.78 Å². The molecule has 0 radical (unpaired) electrons. The number of halogens is 1. The molecule has 0 bridgehead atoms. The molecule has 0 fully saturated rings. The van der Waals surface area contributed by atoms with E-state index < -0.39 is 0 Å². The Morgan fingerprint density at radius 1 is 1.47 bits per heavy atom. The molecule has 3 nitrogen and oxygen atoms in total. The lowest BCUT2D eigenvalue weighted by atomic mass is 9.97. The van der Waals surface area contributed by atoms with Gasteiger partial charge in [0.15, 0.2) is 5.78 Å². The van der Waals surface area contributed by atoms with E-state index in [0.717, 1.165) is 41.7 Å². The van der Waals surface area contributed by atoms with E-state index in [1.54, 1.807) is 0 Å². The first-order chi connectivity index (χ1) is 8.18. The van der Waals surface area contributed by atoms with Crippen LogP contribution in [-0.2, 0) is 20.0 Å². The van der Waals surface area contributed by atoms with Crippen molar-refractivity contribution in [3.63, 3.8) is 0 Å². The molecular weight excluding hydrogens is 280 g/mol. The van der Waals surface area contributed by atoms with Crippen LogP contribution in [0.1, 0.15) is 40.2 Å². The second-order valence-corrected chi connectivity index (χ2v) is 5.73. The minimum Gasteiger partial charge on any atom is -0.347 e. The molecule has 0 saturated heterocycles. The molecule has 4 heteroatoms. The van der Waals surface area contributed by atoms with Gasteiger partial charge in [-0.05, 0) is 31.0 Å². The lowest BCUT2D eigenvalue weighted by Crippen LogP contribution is -2.15. The maximum Gasteiger partial charge on any atom is 0.170 e. The van der Waals surface area contributed by atoms with Gasteiger partial charge in [0, 0.05) is 35.8 Å². The number of carbonyl (C=O) groups excluding carboxylic acids is 1. The van der Waals surface area contributed by atoms with Gasteiger partial charge < -0.3 is 9.88 Å². The van der Waals surface area contributed by atoms with Gasteiger partial charge in [-0.1, -0.05) is 15.9 Å². The minimum atomic E-state index is 0.245. The molecular formula is C13H15BrN2O. The Labute approximate surface area is 109 Å². The molecule has 2 aliphatic rings. The average Bonchev–Trinajstić information content (AvgIpc) is 2.48. The zero-order valence-corrected chi connectivity index (χ0v) is 11.4. The van der Waals surface area contributed by atoms with Crippen molar-refractivity contribution in [3.8, 4) is 0 Å². The highest BCUT2D eigenvalue weighted by atomic mass is 79.9. The number of allylic oxidation sites excluding steroid dienone is 1. The third kappa shape index (κ3) is 1.70. The Hall–Kier alpha value is -0.870. The zero-order valence-electron chi connectivity index (χ0n) is 9.85. The van der Waals surface area contributed by atoms with Crippen LogP contribution in [0.3, 0.4) is 0 Å². The van der Waals surface area contributed by atoms with Crippen LogP contribution in [0, 0.1) is 0 Å². The topological polar surface area (TPSA) is 34.0 Å². The Kier molecular flexibility index (Phi) is 2.71. The molecule has 2 heterocycles. The molecule has 1 aliphatic heterocycles. The molecule has 1 aromatic rings. The average molecular weight is 295 g/mol. The van der Waals surface area contributed by atoms with Crippen molar-refractivity contribution in [2.75, 3.05) is 6.54 Å². The number of carbonyl (C=O) groups is 1. The number of hydrogen-bond acceptors (Lipinski definition) is 2. The largest absolute Gasteiger partial charge is 0.347 e. The summed E-state index contributed by atoms with van der Waals surface area (Å²) in [5.41, 5.74) is 4.56. The third-order valence-electron chi connectivity index (χ3n) is 3.64. The number of nitrogens with one attached hydrogen (secondary N) is 1. The molecule has 0 unspecified atom stereocenters. The van der Waals surface area contributed by atoms with Gasteiger partial charge in [-0.2, -0.15) is 0 Å². The van der Waals surface area contributed by atoms with Crippen LogP contribution >= 0.6 is 15.9 Å². The number of hydrogen-bond donors (Lipinski definition) is 1. The van der Waals surface area contributed by atoms with Crippen molar-refractivity contribution < 1.29 is 4.79 Å². The fraction of sp³-hybridized carbons (Fsp3) is 0.462. The maximum atomic E-state index is 12.2. The van der Waals surface area contributed by atoms with Crippen LogP contribution in [0.15, 0.2) is 4.48 Å². The number of aromatic nitrogens is 1. The van der Waals surface area contributed by atoms with E-state index in [0.29, 0.717) is 6.42 Å². The van der Waals surface area contributed by atoms with Crippen LogP contribution in [0.4, 0.5) is 0 Å². The van der Waals surface area contributed by atoms with E-state index in [2.05, 4.69) is 38.9 Å². The first-order valence-corrected chi connectivity index (χ1v) is 6.78.